The zero-order valence-corrected chi connectivity index (χ0v) is 9.36. The van der Waals surface area contributed by atoms with Crippen molar-refractivity contribution in [2.75, 3.05) is 0 Å². The van der Waals surface area contributed by atoms with Crippen molar-refractivity contribution in [1.82, 2.24) is 0 Å². The van der Waals surface area contributed by atoms with Gasteiger partial charge in [0.2, 0.25) is 0 Å². The van der Waals surface area contributed by atoms with Crippen molar-refractivity contribution in [1.29, 1.82) is 0 Å². The van der Waals surface area contributed by atoms with Gasteiger partial charge in [-0.25, -0.2) is 0 Å². The molecule has 0 amide bonds. The van der Waals surface area contributed by atoms with E-state index in [9.17, 15) is 9.90 Å². The summed E-state index contributed by atoms with van der Waals surface area (Å²) in [5.74, 6) is -0.692. The number of aliphatic carboxylic acids is 1. The second kappa shape index (κ2) is 4.16. The highest BCUT2D eigenvalue weighted by molar-refractivity contribution is 5.68. The molecule has 1 atom stereocenters. The van der Waals surface area contributed by atoms with E-state index in [2.05, 4.69) is 0 Å². The molecule has 0 saturated carbocycles. The van der Waals surface area contributed by atoms with E-state index in [0.29, 0.717) is 0 Å². The standard InChI is InChI=1S/C13H16O3/c1-8(7-12(15)16)13-10-4-2-3-9(10)5-6-11(13)14/h5-6,8,14H,2-4,7H2,1H3,(H,15,16). The van der Waals surface area contributed by atoms with E-state index in [1.165, 1.54) is 11.1 Å². The summed E-state index contributed by atoms with van der Waals surface area (Å²) in [5.41, 5.74) is 3.29. The number of phenolic OH excluding ortho intramolecular Hbond substituents is 1. The molecule has 1 aromatic rings. The van der Waals surface area contributed by atoms with Crippen LogP contribution in [0, 0.1) is 0 Å². The lowest BCUT2D eigenvalue weighted by Gasteiger charge is -2.16. The number of hydrogen-bond acceptors (Lipinski definition) is 2. The monoisotopic (exact) mass is 220 g/mol. The molecule has 0 spiro atoms. The van der Waals surface area contributed by atoms with Crippen LogP contribution in [-0.2, 0) is 17.6 Å². The number of hydrogen-bond donors (Lipinski definition) is 2. The van der Waals surface area contributed by atoms with Gasteiger partial charge in [0.25, 0.3) is 0 Å². The van der Waals surface area contributed by atoms with E-state index in [4.69, 9.17) is 5.11 Å². The lowest BCUT2D eigenvalue weighted by atomic mass is 9.90. The fraction of sp³-hybridized carbons (Fsp3) is 0.462. The van der Waals surface area contributed by atoms with Crippen molar-refractivity contribution in [2.45, 2.75) is 38.5 Å². The Kier molecular flexibility index (Phi) is 2.86. The van der Waals surface area contributed by atoms with Gasteiger partial charge in [-0.1, -0.05) is 13.0 Å². The van der Waals surface area contributed by atoms with Gasteiger partial charge in [-0.2, -0.15) is 0 Å². The molecule has 86 valence electrons. The van der Waals surface area contributed by atoms with Crippen molar-refractivity contribution in [2.24, 2.45) is 0 Å². The van der Waals surface area contributed by atoms with Crippen LogP contribution in [-0.4, -0.2) is 16.2 Å². The second-order valence-electron chi connectivity index (χ2n) is 4.49. The lowest BCUT2D eigenvalue weighted by molar-refractivity contribution is -0.137. The lowest BCUT2D eigenvalue weighted by Crippen LogP contribution is -2.06. The molecule has 0 aliphatic heterocycles. The average molecular weight is 220 g/mol. The molecule has 1 aromatic carbocycles. The van der Waals surface area contributed by atoms with Gasteiger partial charge in [-0.15, -0.1) is 0 Å². The molecular weight excluding hydrogens is 204 g/mol. The van der Waals surface area contributed by atoms with Crippen LogP contribution in [0.15, 0.2) is 12.1 Å². The Labute approximate surface area is 94.7 Å². The Balaban J connectivity index is 2.39. The fourth-order valence-electron chi connectivity index (χ4n) is 2.60. The average Bonchev–Trinajstić information content (AvgIpc) is 2.63. The number of carbonyl (C=O) groups is 1. The van der Waals surface area contributed by atoms with Crippen molar-refractivity contribution in [3.05, 3.63) is 28.8 Å². The first-order valence-electron chi connectivity index (χ1n) is 5.65. The van der Waals surface area contributed by atoms with Crippen LogP contribution in [0.4, 0.5) is 0 Å². The minimum absolute atomic E-state index is 0.0734. The Hall–Kier alpha value is -1.51. The third-order valence-corrected chi connectivity index (χ3v) is 3.28. The molecule has 0 radical (unpaired) electrons. The van der Waals surface area contributed by atoms with E-state index in [-0.39, 0.29) is 18.1 Å². The van der Waals surface area contributed by atoms with Gasteiger partial charge in [0.05, 0.1) is 6.42 Å². The number of benzene rings is 1. The van der Waals surface area contributed by atoms with Crippen molar-refractivity contribution in [3.8, 4) is 5.75 Å². The van der Waals surface area contributed by atoms with Crippen LogP contribution in [0.25, 0.3) is 0 Å². The summed E-state index contributed by atoms with van der Waals surface area (Å²) in [6, 6.07) is 3.65. The number of rotatable bonds is 3. The number of carboxylic acids is 1. The zero-order chi connectivity index (χ0) is 11.7. The summed E-state index contributed by atoms with van der Waals surface area (Å²) in [6.45, 7) is 1.86. The molecule has 1 aliphatic rings. The third kappa shape index (κ3) is 1.90. The van der Waals surface area contributed by atoms with E-state index in [0.717, 1.165) is 24.8 Å². The smallest absolute Gasteiger partial charge is 0.303 e. The van der Waals surface area contributed by atoms with Crippen LogP contribution in [0.2, 0.25) is 0 Å². The van der Waals surface area contributed by atoms with E-state index in [1.54, 1.807) is 6.07 Å². The number of aromatic hydroxyl groups is 1. The van der Waals surface area contributed by atoms with E-state index in [1.807, 2.05) is 13.0 Å². The Bertz CT molecular complexity index is 423. The normalized spacial score (nSPS) is 15.8. The SMILES string of the molecule is CC(CC(=O)O)c1c(O)ccc2c1CCC2. The molecule has 1 aliphatic carbocycles. The topological polar surface area (TPSA) is 57.5 Å². The van der Waals surface area contributed by atoms with Crippen LogP contribution in [0.1, 0.15) is 42.4 Å². The Morgan fingerprint density at radius 2 is 2.19 bits per heavy atom. The van der Waals surface area contributed by atoms with E-state index < -0.39 is 5.97 Å². The molecule has 2 rings (SSSR count). The summed E-state index contributed by atoms with van der Waals surface area (Å²) in [7, 11) is 0. The molecule has 0 saturated heterocycles. The molecule has 0 aromatic heterocycles. The second-order valence-corrected chi connectivity index (χ2v) is 4.49. The number of carboxylic acid groups (broad SMARTS) is 1. The number of phenols is 1. The highest BCUT2D eigenvalue weighted by Crippen LogP contribution is 2.37. The fourth-order valence-corrected chi connectivity index (χ4v) is 2.60. The van der Waals surface area contributed by atoms with Crippen LogP contribution in [0.3, 0.4) is 0 Å². The largest absolute Gasteiger partial charge is 0.508 e. The van der Waals surface area contributed by atoms with Crippen LogP contribution in [0.5, 0.6) is 5.75 Å². The van der Waals surface area contributed by atoms with Gasteiger partial charge in [0.1, 0.15) is 5.75 Å². The molecule has 3 nitrogen and oxygen atoms in total. The number of aryl methyl sites for hydroxylation is 1. The minimum atomic E-state index is -0.817. The minimum Gasteiger partial charge on any atom is -0.508 e. The molecule has 0 bridgehead atoms. The molecule has 2 N–H and O–H groups in total. The van der Waals surface area contributed by atoms with Crippen molar-refractivity contribution >= 4 is 5.97 Å². The first kappa shape index (κ1) is 11.0. The summed E-state index contributed by atoms with van der Waals surface area (Å²) in [5, 5.41) is 18.7. The van der Waals surface area contributed by atoms with Gasteiger partial charge < -0.3 is 10.2 Å². The molecule has 3 heteroatoms. The van der Waals surface area contributed by atoms with Crippen molar-refractivity contribution in [3.63, 3.8) is 0 Å². The Morgan fingerprint density at radius 1 is 1.44 bits per heavy atom. The summed E-state index contributed by atoms with van der Waals surface area (Å²) in [6.07, 6.45) is 3.18. The van der Waals surface area contributed by atoms with Crippen molar-refractivity contribution < 1.29 is 15.0 Å². The molecule has 16 heavy (non-hydrogen) atoms. The van der Waals surface area contributed by atoms with E-state index >= 15 is 0 Å². The summed E-state index contributed by atoms with van der Waals surface area (Å²) in [4.78, 5) is 10.7. The summed E-state index contributed by atoms with van der Waals surface area (Å²) < 4.78 is 0. The quantitative estimate of drug-likeness (QED) is 0.822. The predicted octanol–water partition coefficient (Wildman–Crippen LogP) is 2.46. The first-order chi connectivity index (χ1) is 7.59. The molecule has 0 fully saturated rings. The van der Waals surface area contributed by atoms with Gasteiger partial charge in [0, 0.05) is 5.56 Å². The molecule has 1 unspecified atom stereocenters. The van der Waals surface area contributed by atoms with Gasteiger partial charge in [0.15, 0.2) is 0 Å². The first-order valence-corrected chi connectivity index (χ1v) is 5.65. The highest BCUT2D eigenvalue weighted by atomic mass is 16.4. The molecule has 0 heterocycles. The molecular formula is C13H16O3. The highest BCUT2D eigenvalue weighted by Gasteiger charge is 2.22. The van der Waals surface area contributed by atoms with Gasteiger partial charge >= 0.3 is 5.97 Å². The maximum atomic E-state index is 10.7. The van der Waals surface area contributed by atoms with Crippen LogP contribution < -0.4 is 0 Å². The maximum absolute atomic E-state index is 10.7. The van der Waals surface area contributed by atoms with Gasteiger partial charge in [-0.3, -0.25) is 4.79 Å². The zero-order valence-electron chi connectivity index (χ0n) is 9.36. The van der Waals surface area contributed by atoms with Gasteiger partial charge in [-0.05, 0) is 42.4 Å². The maximum Gasteiger partial charge on any atom is 0.303 e. The summed E-state index contributed by atoms with van der Waals surface area (Å²) >= 11 is 0. The number of fused-ring (bicyclic) bond motifs is 1. The predicted molar refractivity (Wildman–Crippen MR) is 60.8 cm³/mol. The van der Waals surface area contributed by atoms with Crippen LogP contribution >= 0.6 is 0 Å². The third-order valence-electron chi connectivity index (χ3n) is 3.28. The Morgan fingerprint density at radius 3 is 2.88 bits per heavy atom.